The summed E-state index contributed by atoms with van der Waals surface area (Å²) in [5.41, 5.74) is 4.17. The number of ether oxygens (including phenoxy) is 1. The van der Waals surface area contributed by atoms with Crippen molar-refractivity contribution in [3.63, 3.8) is 0 Å². The Bertz CT molecular complexity index is 1330. The van der Waals surface area contributed by atoms with Crippen molar-refractivity contribution in [3.05, 3.63) is 78.5 Å². The first-order valence-corrected chi connectivity index (χ1v) is 10.8. The lowest BCUT2D eigenvalue weighted by Crippen LogP contribution is -2.28. The lowest BCUT2D eigenvalue weighted by atomic mass is 10.1. The molecule has 4 aromatic rings. The number of hydrogen-bond donors (Lipinski definition) is 1. The third-order valence-corrected chi connectivity index (χ3v) is 6.01. The summed E-state index contributed by atoms with van der Waals surface area (Å²) < 4.78 is 7.09. The molecule has 1 aliphatic rings. The molecule has 0 radical (unpaired) electrons. The number of benzene rings is 2. The van der Waals surface area contributed by atoms with Gasteiger partial charge in [-0.15, -0.1) is 0 Å². The number of hydrogen-bond acceptors (Lipinski definition) is 4. The molecular formula is C26H24N4O3. The topological polar surface area (TPSA) is 75.9 Å². The van der Waals surface area contributed by atoms with Gasteiger partial charge in [0.15, 0.2) is 0 Å². The van der Waals surface area contributed by atoms with Crippen LogP contribution >= 0.6 is 0 Å². The zero-order valence-corrected chi connectivity index (χ0v) is 18.5. The minimum Gasteiger partial charge on any atom is -0.497 e. The molecule has 1 N–H and O–H groups in total. The monoisotopic (exact) mass is 440 g/mol. The molecule has 5 rings (SSSR count). The number of aryl methyl sites for hydroxylation is 1. The van der Waals surface area contributed by atoms with Crippen LogP contribution in [0, 0.1) is 12.8 Å². The molecule has 7 heteroatoms. The summed E-state index contributed by atoms with van der Waals surface area (Å²) in [4.78, 5) is 32.5. The number of carbonyl (C=O) groups excluding carboxylic acids is 2. The van der Waals surface area contributed by atoms with Gasteiger partial charge in [0.1, 0.15) is 22.9 Å². The highest BCUT2D eigenvalue weighted by Crippen LogP contribution is 2.32. The standard InChI is InChI=1S/C26H24N4O3/c1-17-7-6-14-29-24(17)27-23(18-8-4-3-5-9-18)25(29)28-26(32)19-15-22(31)30(16-19)20-10-12-21(33-2)13-11-20/h3-14,19H,15-16H2,1-2H3,(H,28,32). The number of amides is 2. The van der Waals surface area contributed by atoms with Crippen molar-refractivity contribution >= 4 is 29.0 Å². The molecule has 7 nitrogen and oxygen atoms in total. The van der Waals surface area contributed by atoms with E-state index in [1.165, 1.54) is 0 Å². The Morgan fingerprint density at radius 2 is 1.82 bits per heavy atom. The quantitative estimate of drug-likeness (QED) is 0.502. The molecule has 0 bridgehead atoms. The largest absolute Gasteiger partial charge is 0.497 e. The molecule has 1 fully saturated rings. The number of pyridine rings is 1. The zero-order chi connectivity index (χ0) is 22.9. The molecule has 0 saturated carbocycles. The number of fused-ring (bicyclic) bond motifs is 1. The fourth-order valence-corrected chi connectivity index (χ4v) is 4.23. The average Bonchev–Trinajstić information content (AvgIpc) is 3.41. The maximum atomic E-state index is 13.3. The van der Waals surface area contributed by atoms with Crippen LogP contribution in [0.4, 0.5) is 11.5 Å². The molecule has 0 aliphatic carbocycles. The first kappa shape index (κ1) is 20.8. The van der Waals surface area contributed by atoms with Crippen molar-refractivity contribution in [2.45, 2.75) is 13.3 Å². The summed E-state index contributed by atoms with van der Waals surface area (Å²) in [7, 11) is 1.60. The zero-order valence-electron chi connectivity index (χ0n) is 18.5. The fraction of sp³-hybridized carbons (Fsp3) is 0.192. The summed E-state index contributed by atoms with van der Waals surface area (Å²) in [6.45, 7) is 2.32. The van der Waals surface area contributed by atoms with Gasteiger partial charge in [-0.2, -0.15) is 0 Å². The van der Waals surface area contributed by atoms with Crippen LogP contribution in [0.2, 0.25) is 0 Å². The summed E-state index contributed by atoms with van der Waals surface area (Å²) in [6.07, 6.45) is 2.05. The molecule has 2 aromatic heterocycles. The van der Waals surface area contributed by atoms with Crippen molar-refractivity contribution in [2.24, 2.45) is 5.92 Å². The van der Waals surface area contributed by atoms with Crippen molar-refractivity contribution in [3.8, 4) is 17.0 Å². The van der Waals surface area contributed by atoms with E-state index in [9.17, 15) is 9.59 Å². The van der Waals surface area contributed by atoms with E-state index in [-0.39, 0.29) is 18.2 Å². The smallest absolute Gasteiger partial charge is 0.230 e. The second kappa shape index (κ2) is 8.43. The number of anilines is 2. The number of nitrogens with one attached hydrogen (secondary N) is 1. The Morgan fingerprint density at radius 3 is 2.55 bits per heavy atom. The summed E-state index contributed by atoms with van der Waals surface area (Å²) in [6, 6.07) is 21.0. The van der Waals surface area contributed by atoms with Gasteiger partial charge >= 0.3 is 0 Å². The number of aromatic nitrogens is 2. The first-order valence-electron chi connectivity index (χ1n) is 10.8. The van der Waals surface area contributed by atoms with E-state index < -0.39 is 5.92 Å². The van der Waals surface area contributed by atoms with Gasteiger partial charge in [-0.25, -0.2) is 4.98 Å². The van der Waals surface area contributed by atoms with E-state index in [0.29, 0.717) is 18.1 Å². The van der Waals surface area contributed by atoms with E-state index in [1.807, 2.05) is 84.3 Å². The first-order chi connectivity index (χ1) is 16.0. The van der Waals surface area contributed by atoms with Crippen LogP contribution in [0.1, 0.15) is 12.0 Å². The van der Waals surface area contributed by atoms with Gasteiger partial charge in [0.2, 0.25) is 11.8 Å². The highest BCUT2D eigenvalue weighted by Gasteiger charge is 2.36. The van der Waals surface area contributed by atoms with Crippen molar-refractivity contribution in [1.29, 1.82) is 0 Å². The molecule has 2 amide bonds. The van der Waals surface area contributed by atoms with Gasteiger partial charge in [0.25, 0.3) is 0 Å². The van der Waals surface area contributed by atoms with Crippen LogP contribution in [-0.4, -0.2) is 34.9 Å². The van der Waals surface area contributed by atoms with Gasteiger partial charge in [-0.05, 0) is 42.8 Å². The molecule has 3 heterocycles. The van der Waals surface area contributed by atoms with Gasteiger partial charge in [0.05, 0.1) is 13.0 Å². The van der Waals surface area contributed by atoms with E-state index >= 15 is 0 Å². The van der Waals surface area contributed by atoms with Gasteiger partial charge in [0, 0.05) is 30.4 Å². The summed E-state index contributed by atoms with van der Waals surface area (Å²) in [5.74, 6) is 0.604. The molecule has 2 aromatic carbocycles. The Kier molecular flexibility index (Phi) is 5.30. The Labute approximate surface area is 191 Å². The third-order valence-electron chi connectivity index (χ3n) is 6.01. The van der Waals surface area contributed by atoms with Crippen LogP contribution in [0.3, 0.4) is 0 Å². The predicted molar refractivity (Wildman–Crippen MR) is 127 cm³/mol. The average molecular weight is 441 g/mol. The highest BCUT2D eigenvalue weighted by atomic mass is 16.5. The second-order valence-corrected chi connectivity index (χ2v) is 8.15. The van der Waals surface area contributed by atoms with Crippen molar-refractivity contribution < 1.29 is 14.3 Å². The molecule has 166 valence electrons. The van der Waals surface area contributed by atoms with Crippen LogP contribution in [0.15, 0.2) is 72.9 Å². The van der Waals surface area contributed by atoms with E-state index in [4.69, 9.17) is 9.72 Å². The molecule has 1 aliphatic heterocycles. The lowest BCUT2D eigenvalue weighted by Gasteiger charge is -2.17. The number of nitrogens with zero attached hydrogens (tertiary/aromatic N) is 3. The van der Waals surface area contributed by atoms with Crippen molar-refractivity contribution in [2.75, 3.05) is 23.9 Å². The van der Waals surface area contributed by atoms with E-state index in [0.717, 1.165) is 28.2 Å². The summed E-state index contributed by atoms with van der Waals surface area (Å²) in [5, 5.41) is 3.07. The minimum atomic E-state index is -0.460. The van der Waals surface area contributed by atoms with Crippen molar-refractivity contribution in [1.82, 2.24) is 9.38 Å². The van der Waals surface area contributed by atoms with Gasteiger partial charge in [-0.3, -0.25) is 14.0 Å². The Balaban J connectivity index is 1.43. The molecule has 0 spiro atoms. The fourth-order valence-electron chi connectivity index (χ4n) is 4.23. The van der Waals surface area contributed by atoms with Crippen LogP contribution in [0.5, 0.6) is 5.75 Å². The molecular weight excluding hydrogens is 416 g/mol. The second-order valence-electron chi connectivity index (χ2n) is 8.15. The number of carbonyl (C=O) groups is 2. The molecule has 1 unspecified atom stereocenters. The molecule has 1 saturated heterocycles. The predicted octanol–water partition coefficient (Wildman–Crippen LogP) is 4.31. The molecule has 33 heavy (non-hydrogen) atoms. The van der Waals surface area contributed by atoms with Crippen LogP contribution in [0.25, 0.3) is 16.9 Å². The van der Waals surface area contributed by atoms with Gasteiger partial charge in [-0.1, -0.05) is 36.4 Å². The normalized spacial score (nSPS) is 15.8. The van der Waals surface area contributed by atoms with Gasteiger partial charge < -0.3 is 15.0 Å². The highest BCUT2D eigenvalue weighted by molar-refractivity contribution is 6.04. The van der Waals surface area contributed by atoms with Crippen LogP contribution in [-0.2, 0) is 9.59 Å². The minimum absolute atomic E-state index is 0.0717. The van der Waals surface area contributed by atoms with E-state index in [2.05, 4.69) is 5.32 Å². The third kappa shape index (κ3) is 3.82. The SMILES string of the molecule is COc1ccc(N2CC(C(=O)Nc3c(-c4ccccc4)nc4c(C)cccn34)CC2=O)cc1. The van der Waals surface area contributed by atoms with Crippen LogP contribution < -0.4 is 15.0 Å². The Hall–Kier alpha value is -4.13. The number of imidazole rings is 1. The Morgan fingerprint density at radius 1 is 1.06 bits per heavy atom. The van der Waals surface area contributed by atoms with E-state index in [1.54, 1.807) is 12.0 Å². The number of methoxy groups -OCH3 is 1. The lowest BCUT2D eigenvalue weighted by molar-refractivity contribution is -0.122. The molecule has 1 atom stereocenters. The summed E-state index contributed by atoms with van der Waals surface area (Å²) >= 11 is 0. The maximum absolute atomic E-state index is 13.3. The number of rotatable bonds is 5. The maximum Gasteiger partial charge on any atom is 0.230 e.